The van der Waals surface area contributed by atoms with Crippen LogP contribution >= 0.6 is 21.6 Å². The normalized spacial score (nSPS) is 16.6. The Morgan fingerprint density at radius 3 is 1.72 bits per heavy atom. The molecule has 0 radical (unpaired) electrons. The third-order valence-electron chi connectivity index (χ3n) is 15.5. The van der Waals surface area contributed by atoms with Crippen molar-refractivity contribution in [1.29, 1.82) is 0 Å². The van der Waals surface area contributed by atoms with Gasteiger partial charge < -0.3 is 57.7 Å². The molecule has 0 saturated heterocycles. The molecule has 4 aliphatic heterocycles. The van der Waals surface area contributed by atoms with Gasteiger partial charge >= 0.3 is 0 Å². The molecule has 0 bridgehead atoms. The number of hydrogen-bond donors (Lipinski definition) is 2. The number of carbonyl (C=O) groups excluding carboxylic acids is 3. The Kier molecular flexibility index (Phi) is 21.1. The van der Waals surface area contributed by atoms with Crippen molar-refractivity contribution in [2.75, 3.05) is 139 Å². The molecule has 85 heavy (non-hydrogen) atoms. The molecule has 3 atom stereocenters. The Labute approximate surface area is 507 Å². The van der Waals surface area contributed by atoms with Crippen molar-refractivity contribution < 1.29 is 60.1 Å². The summed E-state index contributed by atoms with van der Waals surface area (Å²) in [5, 5.41) is -1.40. The van der Waals surface area contributed by atoms with E-state index in [9.17, 15) is 22.8 Å². The lowest BCUT2D eigenvalue weighted by atomic mass is 10.1. The second kappa shape index (κ2) is 28.4. The summed E-state index contributed by atoms with van der Waals surface area (Å²) in [5.74, 6) is 1.24. The average Bonchev–Trinajstić information content (AvgIpc) is 1.80. The molecule has 1 unspecified atom stereocenters. The smallest absolute Gasteiger partial charge is 0.279 e. The van der Waals surface area contributed by atoms with Gasteiger partial charge in [0.05, 0.1) is 88.9 Å². The lowest BCUT2D eigenvalue weighted by molar-refractivity contribution is -0.121. The van der Waals surface area contributed by atoms with E-state index in [-0.39, 0.29) is 43.5 Å². The van der Waals surface area contributed by atoms with Gasteiger partial charge in [-0.1, -0.05) is 64.9 Å². The van der Waals surface area contributed by atoms with E-state index in [0.29, 0.717) is 106 Å². The average molecular weight is 1230 g/mol. The molecule has 4 heterocycles. The summed E-state index contributed by atoms with van der Waals surface area (Å²) < 4.78 is 72.6. The van der Waals surface area contributed by atoms with Gasteiger partial charge in [0, 0.05) is 93.6 Å². The number of hydrogen-bond acceptors (Lipinski definition) is 19. The Morgan fingerprint density at radius 1 is 0.694 bits per heavy atom. The van der Waals surface area contributed by atoms with Crippen molar-refractivity contribution in [2.24, 2.45) is 0 Å². The van der Waals surface area contributed by atoms with Crippen LogP contribution in [0.4, 0.5) is 28.4 Å². The highest BCUT2D eigenvalue weighted by atomic mass is 33.1. The fourth-order valence-corrected chi connectivity index (χ4v) is 15.1. The first-order valence-electron chi connectivity index (χ1n) is 28.6. The molecular weight excluding hydrogens is 1150 g/mol. The topological polar surface area (TPSA) is 199 Å². The third-order valence-corrected chi connectivity index (χ3v) is 20.4. The predicted octanol–water partition coefficient (Wildman–Crippen LogP) is 7.93. The zero-order valence-corrected chi connectivity index (χ0v) is 52.4. The van der Waals surface area contributed by atoms with Gasteiger partial charge in [-0.15, -0.1) is 0 Å². The number of fused-ring (bicyclic) bond motifs is 8. The number of likely N-dealkylation sites (N-methyl/N-ethyl adjacent to an activating group) is 2. The summed E-state index contributed by atoms with van der Waals surface area (Å²) >= 11 is 0. The lowest BCUT2D eigenvalue weighted by Gasteiger charge is -2.34. The van der Waals surface area contributed by atoms with Crippen molar-refractivity contribution in [3.63, 3.8) is 0 Å². The van der Waals surface area contributed by atoms with Crippen molar-refractivity contribution in [3.8, 4) is 23.0 Å². The van der Waals surface area contributed by atoms with E-state index < -0.39 is 26.0 Å². The number of ether oxygens (including phenoxy) is 7. The number of hydrazine groups is 1. The van der Waals surface area contributed by atoms with Gasteiger partial charge in [-0.25, -0.2) is 5.43 Å². The first-order chi connectivity index (χ1) is 41.0. The van der Waals surface area contributed by atoms with E-state index in [4.69, 9.17) is 37.3 Å². The SMILES string of the molecule is CCNNC(=O)C(CCSSC(C)(C)CN(CCOCCOCCOC)c1cc(COc2cc3c(cc2OC)C(=O)N2c4ccccc4C[C@H]2CN3C)cc(COc2cc3c(cc2OC)C(=O)N2c4ccccc4C[C@H]2CN3C)c1)S(=O)(=O)OC. The number of rotatable bonds is 30. The summed E-state index contributed by atoms with van der Waals surface area (Å²) in [4.78, 5) is 52.3. The summed E-state index contributed by atoms with van der Waals surface area (Å²) in [6, 6.07) is 29.6. The van der Waals surface area contributed by atoms with Gasteiger partial charge in [0.2, 0.25) is 0 Å². The lowest BCUT2D eigenvalue weighted by Crippen LogP contribution is -2.46. The number of nitrogens with one attached hydrogen (secondary N) is 2. The van der Waals surface area contributed by atoms with Crippen molar-refractivity contribution in [3.05, 3.63) is 124 Å². The van der Waals surface area contributed by atoms with E-state index in [1.54, 1.807) is 51.2 Å². The van der Waals surface area contributed by atoms with Crippen LogP contribution in [0, 0.1) is 0 Å². The van der Waals surface area contributed by atoms with Crippen molar-refractivity contribution in [1.82, 2.24) is 10.9 Å². The molecule has 5 aromatic carbocycles. The largest absolute Gasteiger partial charge is 0.493 e. The van der Waals surface area contributed by atoms with Gasteiger partial charge in [-0.3, -0.25) is 24.0 Å². The Hall–Kier alpha value is -6.44. The van der Waals surface area contributed by atoms with Gasteiger partial charge in [0.15, 0.2) is 28.2 Å². The van der Waals surface area contributed by atoms with Crippen molar-refractivity contribution >= 4 is 77.9 Å². The minimum absolute atomic E-state index is 0.0285. The van der Waals surface area contributed by atoms with E-state index in [1.165, 1.54) is 10.8 Å². The third kappa shape index (κ3) is 14.7. The molecule has 0 fully saturated rings. The molecule has 0 saturated carbocycles. The fourth-order valence-electron chi connectivity index (χ4n) is 11.4. The van der Waals surface area contributed by atoms with Gasteiger partial charge in [-0.05, 0) is 97.8 Å². The summed E-state index contributed by atoms with van der Waals surface area (Å²) in [5.41, 5.74) is 14.3. The standard InChI is InChI=1S/C62H79N7O13S3/c1-10-63-64-59(70)58(85(73,74)78-9)19-26-83-84-62(2,3)40-67(20-21-79-24-25-80-23-22-75-6)45-28-41(38-81-56-34-52-48(32-54(56)76-7)60(71)68-46(36-65(52)4)30-43-15-11-13-17-50(43)68)27-42(29-45)39-82-57-35-53-49(33-55(57)77-8)61(72)69-47(37-66(53)5)31-44-16-12-14-18-51(44)69/h11-18,27-29,32-35,46-47,58,63H,10,19-26,30-31,36-40H2,1-9H3,(H,64,70)/t46-,47-,58?/m0/s1. The number of amides is 3. The van der Waals surface area contributed by atoms with Crippen LogP contribution in [0.3, 0.4) is 0 Å². The zero-order chi connectivity index (χ0) is 60.4. The number of para-hydroxylation sites is 2. The van der Waals surface area contributed by atoms with Gasteiger partial charge in [0.25, 0.3) is 27.8 Å². The summed E-state index contributed by atoms with van der Waals surface area (Å²) in [6.45, 7) is 10.9. The minimum atomic E-state index is -4.17. The number of nitrogens with zero attached hydrogens (tertiary/aromatic N) is 5. The Bertz CT molecular complexity index is 3140. The molecule has 0 aromatic heterocycles. The molecule has 5 aromatic rings. The number of anilines is 5. The molecule has 2 N–H and O–H groups in total. The number of carbonyl (C=O) groups is 3. The second-order valence-electron chi connectivity index (χ2n) is 22.0. The fraction of sp³-hybridized carbons (Fsp3) is 0.468. The highest BCUT2D eigenvalue weighted by Gasteiger charge is 2.41. The number of benzene rings is 5. The first-order valence-corrected chi connectivity index (χ1v) is 32.4. The Balaban J connectivity index is 1.02. The van der Waals surface area contributed by atoms with E-state index in [0.717, 1.165) is 70.6 Å². The van der Waals surface area contributed by atoms with Crippen molar-refractivity contribution in [2.45, 2.75) is 75.3 Å². The molecule has 458 valence electrons. The Morgan fingerprint density at radius 2 is 1.21 bits per heavy atom. The molecule has 20 nitrogen and oxygen atoms in total. The van der Waals surface area contributed by atoms with Crippen LogP contribution in [-0.2, 0) is 59.4 Å². The minimum Gasteiger partial charge on any atom is -0.493 e. The molecular formula is C62H79N7O13S3. The molecule has 23 heteroatoms. The van der Waals surface area contributed by atoms with Crippen LogP contribution in [0.1, 0.15) is 70.2 Å². The van der Waals surface area contributed by atoms with E-state index in [1.807, 2.05) is 78.5 Å². The quantitative estimate of drug-likeness (QED) is 0.0194. The van der Waals surface area contributed by atoms with Crippen LogP contribution in [0.5, 0.6) is 23.0 Å². The molecule has 0 spiro atoms. The molecule has 9 rings (SSSR count). The van der Waals surface area contributed by atoms with Crippen LogP contribution < -0.4 is 54.3 Å². The van der Waals surface area contributed by atoms with Crippen LogP contribution in [-0.4, -0.2) is 162 Å². The predicted molar refractivity (Wildman–Crippen MR) is 335 cm³/mol. The van der Waals surface area contributed by atoms with Gasteiger partial charge in [0.1, 0.15) is 13.2 Å². The molecule has 0 aliphatic carbocycles. The summed E-state index contributed by atoms with van der Waals surface area (Å²) in [6.07, 6.45) is 1.54. The molecule has 3 amide bonds. The maximum absolute atomic E-state index is 14.5. The van der Waals surface area contributed by atoms with Crippen LogP contribution in [0.25, 0.3) is 0 Å². The van der Waals surface area contributed by atoms with Gasteiger partial charge in [-0.2, -0.15) is 8.42 Å². The highest BCUT2D eigenvalue weighted by molar-refractivity contribution is 8.77. The van der Waals surface area contributed by atoms with E-state index >= 15 is 0 Å². The number of methoxy groups -OCH3 is 3. The van der Waals surface area contributed by atoms with Crippen LogP contribution in [0.2, 0.25) is 0 Å². The maximum atomic E-state index is 14.5. The summed E-state index contributed by atoms with van der Waals surface area (Å²) in [7, 11) is 8.73. The monoisotopic (exact) mass is 1230 g/mol. The second-order valence-corrected chi connectivity index (χ2v) is 27.0. The maximum Gasteiger partial charge on any atom is 0.279 e. The zero-order valence-electron chi connectivity index (χ0n) is 50.0. The van der Waals surface area contributed by atoms with E-state index in [2.05, 4.69) is 63.7 Å². The van der Waals surface area contributed by atoms with Crippen LogP contribution in [0.15, 0.2) is 91.0 Å². The molecule has 4 aliphatic rings. The first kappa shape index (κ1) is 63.1. The highest BCUT2D eigenvalue weighted by Crippen LogP contribution is 2.45.